The maximum absolute atomic E-state index is 6.30. The van der Waals surface area contributed by atoms with Gasteiger partial charge in [0.05, 0.1) is 10.7 Å². The zero-order chi connectivity index (χ0) is 12.3. The SMILES string of the molecule is CCN1CCN(c2c(Cl)cccc2CN)CC1. The van der Waals surface area contributed by atoms with Crippen molar-refractivity contribution in [2.75, 3.05) is 37.6 Å². The van der Waals surface area contributed by atoms with Crippen molar-refractivity contribution in [2.24, 2.45) is 5.73 Å². The maximum atomic E-state index is 6.30. The van der Waals surface area contributed by atoms with Crippen LogP contribution in [0.25, 0.3) is 0 Å². The summed E-state index contributed by atoms with van der Waals surface area (Å²) in [5.41, 5.74) is 8.06. The molecule has 0 atom stereocenters. The van der Waals surface area contributed by atoms with E-state index in [1.165, 1.54) is 0 Å². The van der Waals surface area contributed by atoms with E-state index in [-0.39, 0.29) is 0 Å². The first kappa shape index (κ1) is 12.7. The third-order valence-electron chi connectivity index (χ3n) is 3.43. The third kappa shape index (κ3) is 2.73. The van der Waals surface area contributed by atoms with Gasteiger partial charge in [0.25, 0.3) is 0 Å². The predicted octanol–water partition coefficient (Wildman–Crippen LogP) is 1.94. The highest BCUT2D eigenvalue weighted by atomic mass is 35.5. The summed E-state index contributed by atoms with van der Waals surface area (Å²) < 4.78 is 0. The fourth-order valence-electron chi connectivity index (χ4n) is 2.37. The van der Waals surface area contributed by atoms with Gasteiger partial charge in [-0.15, -0.1) is 0 Å². The standard InChI is InChI=1S/C13H20ClN3/c1-2-16-6-8-17(9-7-16)13-11(10-15)4-3-5-12(13)14/h3-5H,2,6-10,15H2,1H3. The van der Waals surface area contributed by atoms with E-state index in [4.69, 9.17) is 17.3 Å². The lowest BCUT2D eigenvalue weighted by Crippen LogP contribution is -2.46. The number of benzene rings is 1. The van der Waals surface area contributed by atoms with E-state index in [0.29, 0.717) is 6.54 Å². The second kappa shape index (κ2) is 5.71. The van der Waals surface area contributed by atoms with E-state index in [1.807, 2.05) is 12.1 Å². The number of nitrogens with two attached hydrogens (primary N) is 1. The minimum absolute atomic E-state index is 0.546. The molecule has 1 aromatic rings. The van der Waals surface area contributed by atoms with Crippen molar-refractivity contribution in [1.82, 2.24) is 4.90 Å². The van der Waals surface area contributed by atoms with Crippen LogP contribution in [-0.2, 0) is 6.54 Å². The number of para-hydroxylation sites is 1. The topological polar surface area (TPSA) is 32.5 Å². The van der Waals surface area contributed by atoms with E-state index in [0.717, 1.165) is 49.0 Å². The van der Waals surface area contributed by atoms with Crippen LogP contribution in [0.5, 0.6) is 0 Å². The molecule has 0 bridgehead atoms. The van der Waals surface area contributed by atoms with Gasteiger partial charge in [-0.2, -0.15) is 0 Å². The van der Waals surface area contributed by atoms with Gasteiger partial charge >= 0.3 is 0 Å². The van der Waals surface area contributed by atoms with Crippen molar-refractivity contribution >= 4 is 17.3 Å². The van der Waals surface area contributed by atoms with Crippen molar-refractivity contribution in [2.45, 2.75) is 13.5 Å². The Morgan fingerprint density at radius 2 is 1.94 bits per heavy atom. The van der Waals surface area contributed by atoms with Crippen molar-refractivity contribution < 1.29 is 0 Å². The molecule has 1 aromatic carbocycles. The smallest absolute Gasteiger partial charge is 0.0642 e. The number of hydrogen-bond acceptors (Lipinski definition) is 3. The number of hydrogen-bond donors (Lipinski definition) is 1. The van der Waals surface area contributed by atoms with Crippen LogP contribution < -0.4 is 10.6 Å². The van der Waals surface area contributed by atoms with E-state index in [9.17, 15) is 0 Å². The molecule has 1 aliphatic heterocycles. The summed E-state index contributed by atoms with van der Waals surface area (Å²) in [5, 5.41) is 0.817. The first-order valence-corrected chi connectivity index (χ1v) is 6.58. The predicted molar refractivity (Wildman–Crippen MR) is 73.7 cm³/mol. The van der Waals surface area contributed by atoms with Crippen molar-refractivity contribution in [3.8, 4) is 0 Å². The number of nitrogens with zero attached hydrogens (tertiary/aromatic N) is 2. The van der Waals surface area contributed by atoms with Crippen molar-refractivity contribution in [1.29, 1.82) is 0 Å². The Labute approximate surface area is 108 Å². The molecular formula is C13H20ClN3. The Balaban J connectivity index is 2.17. The molecule has 2 N–H and O–H groups in total. The summed E-state index contributed by atoms with van der Waals surface area (Å²) in [7, 11) is 0. The number of anilines is 1. The Morgan fingerprint density at radius 1 is 1.24 bits per heavy atom. The summed E-state index contributed by atoms with van der Waals surface area (Å²) >= 11 is 6.30. The van der Waals surface area contributed by atoms with Crippen LogP contribution in [0.2, 0.25) is 5.02 Å². The highest BCUT2D eigenvalue weighted by Gasteiger charge is 2.19. The zero-order valence-corrected chi connectivity index (χ0v) is 11.1. The average molecular weight is 254 g/mol. The quantitative estimate of drug-likeness (QED) is 0.894. The van der Waals surface area contributed by atoms with Crippen LogP contribution in [0.15, 0.2) is 18.2 Å². The summed E-state index contributed by atoms with van der Waals surface area (Å²) in [6.07, 6.45) is 0. The number of halogens is 1. The molecule has 0 aliphatic carbocycles. The molecule has 1 fully saturated rings. The molecule has 0 radical (unpaired) electrons. The molecule has 17 heavy (non-hydrogen) atoms. The second-order valence-corrected chi connectivity index (χ2v) is 4.78. The van der Waals surface area contributed by atoms with Gasteiger partial charge in [-0.1, -0.05) is 30.7 Å². The van der Waals surface area contributed by atoms with Crippen LogP contribution in [0.1, 0.15) is 12.5 Å². The molecule has 2 rings (SSSR count). The Hall–Kier alpha value is -0.770. The highest BCUT2D eigenvalue weighted by molar-refractivity contribution is 6.33. The van der Waals surface area contributed by atoms with Gasteiger partial charge in [-0.25, -0.2) is 0 Å². The number of likely N-dealkylation sites (N-methyl/N-ethyl adjacent to an activating group) is 1. The van der Waals surface area contributed by atoms with Gasteiger partial charge < -0.3 is 15.5 Å². The van der Waals surface area contributed by atoms with E-state index >= 15 is 0 Å². The molecule has 1 aliphatic rings. The first-order valence-electron chi connectivity index (χ1n) is 6.21. The van der Waals surface area contributed by atoms with E-state index in [2.05, 4.69) is 22.8 Å². The highest BCUT2D eigenvalue weighted by Crippen LogP contribution is 2.30. The third-order valence-corrected chi connectivity index (χ3v) is 3.73. The van der Waals surface area contributed by atoms with Gasteiger partial charge in [0.1, 0.15) is 0 Å². The lowest BCUT2D eigenvalue weighted by Gasteiger charge is -2.36. The first-order chi connectivity index (χ1) is 8.26. The lowest BCUT2D eigenvalue weighted by atomic mass is 10.1. The van der Waals surface area contributed by atoms with Crippen LogP contribution in [0, 0.1) is 0 Å². The Morgan fingerprint density at radius 3 is 2.53 bits per heavy atom. The molecule has 0 unspecified atom stereocenters. The van der Waals surface area contributed by atoms with Gasteiger partial charge in [0, 0.05) is 32.7 Å². The normalized spacial score (nSPS) is 17.5. The van der Waals surface area contributed by atoms with Gasteiger partial charge in [-0.05, 0) is 18.2 Å². The Kier molecular flexibility index (Phi) is 4.26. The molecule has 4 heteroatoms. The second-order valence-electron chi connectivity index (χ2n) is 4.37. The molecule has 0 saturated carbocycles. The molecule has 3 nitrogen and oxygen atoms in total. The summed E-state index contributed by atoms with van der Waals surface area (Å²) in [6.45, 7) is 8.15. The lowest BCUT2D eigenvalue weighted by molar-refractivity contribution is 0.271. The monoisotopic (exact) mass is 253 g/mol. The van der Waals surface area contributed by atoms with Gasteiger partial charge in [0.2, 0.25) is 0 Å². The molecule has 0 amide bonds. The maximum Gasteiger partial charge on any atom is 0.0642 e. The van der Waals surface area contributed by atoms with Gasteiger partial charge in [0.15, 0.2) is 0 Å². The minimum Gasteiger partial charge on any atom is -0.368 e. The molecular weight excluding hydrogens is 234 g/mol. The summed E-state index contributed by atoms with van der Waals surface area (Å²) in [5.74, 6) is 0. The fraction of sp³-hybridized carbons (Fsp3) is 0.538. The van der Waals surface area contributed by atoms with Crippen molar-refractivity contribution in [3.63, 3.8) is 0 Å². The molecule has 1 saturated heterocycles. The Bertz CT molecular complexity index is 373. The van der Waals surface area contributed by atoms with Crippen LogP contribution in [0.4, 0.5) is 5.69 Å². The molecule has 0 aromatic heterocycles. The average Bonchev–Trinajstić information content (AvgIpc) is 2.38. The molecule has 1 heterocycles. The van der Waals surface area contributed by atoms with E-state index in [1.54, 1.807) is 0 Å². The number of rotatable bonds is 3. The number of piperazine rings is 1. The van der Waals surface area contributed by atoms with Crippen LogP contribution >= 0.6 is 11.6 Å². The zero-order valence-electron chi connectivity index (χ0n) is 10.3. The fourth-order valence-corrected chi connectivity index (χ4v) is 2.68. The molecule has 94 valence electrons. The summed E-state index contributed by atoms with van der Waals surface area (Å²) in [6, 6.07) is 5.98. The van der Waals surface area contributed by atoms with Gasteiger partial charge in [-0.3, -0.25) is 0 Å². The molecule has 0 spiro atoms. The van der Waals surface area contributed by atoms with Crippen molar-refractivity contribution in [3.05, 3.63) is 28.8 Å². The summed E-state index contributed by atoms with van der Waals surface area (Å²) in [4.78, 5) is 4.81. The largest absolute Gasteiger partial charge is 0.368 e. The van der Waals surface area contributed by atoms with E-state index < -0.39 is 0 Å². The minimum atomic E-state index is 0.546. The van der Waals surface area contributed by atoms with Crippen LogP contribution in [-0.4, -0.2) is 37.6 Å². The van der Waals surface area contributed by atoms with Crippen LogP contribution in [0.3, 0.4) is 0 Å².